The summed E-state index contributed by atoms with van der Waals surface area (Å²) >= 11 is 0. The summed E-state index contributed by atoms with van der Waals surface area (Å²) in [5, 5.41) is 12.0. The lowest BCUT2D eigenvalue weighted by Crippen LogP contribution is -2.38. The summed E-state index contributed by atoms with van der Waals surface area (Å²) in [5.74, 6) is -0.996. The van der Waals surface area contributed by atoms with E-state index >= 15 is 0 Å². The molecule has 0 saturated carbocycles. The molecule has 20 heavy (non-hydrogen) atoms. The number of rotatable bonds is 7. The highest BCUT2D eigenvalue weighted by Gasteiger charge is 2.18. The van der Waals surface area contributed by atoms with Gasteiger partial charge < -0.3 is 15.2 Å². The Morgan fingerprint density at radius 2 is 1.90 bits per heavy atom. The number of nitrogens with one attached hydrogen (secondary N) is 1. The van der Waals surface area contributed by atoms with Crippen LogP contribution in [0.15, 0.2) is 30.3 Å². The van der Waals surface area contributed by atoms with Crippen LogP contribution in [0.1, 0.15) is 25.8 Å². The summed E-state index contributed by atoms with van der Waals surface area (Å²) in [4.78, 5) is 22.9. The van der Waals surface area contributed by atoms with E-state index in [1.165, 1.54) is 0 Å². The fourth-order valence-electron chi connectivity index (χ4n) is 1.51. The van der Waals surface area contributed by atoms with Gasteiger partial charge in [-0.25, -0.2) is 0 Å². The minimum absolute atomic E-state index is 0.0867. The highest BCUT2D eigenvalue weighted by molar-refractivity contribution is 5.81. The Morgan fingerprint density at radius 3 is 2.50 bits per heavy atom. The predicted molar refractivity (Wildman–Crippen MR) is 74.7 cm³/mol. The Balaban J connectivity index is 2.19. The van der Waals surface area contributed by atoms with Crippen LogP contribution in [0.5, 0.6) is 0 Å². The number of hydrogen-bond acceptors (Lipinski definition) is 4. The molecule has 1 atom stereocenters. The van der Waals surface area contributed by atoms with E-state index in [9.17, 15) is 14.7 Å². The van der Waals surface area contributed by atoms with E-state index in [1.54, 1.807) is 13.8 Å². The molecule has 0 radical (unpaired) electrons. The van der Waals surface area contributed by atoms with E-state index in [2.05, 4.69) is 5.32 Å². The standard InChI is InChI=1S/C15H21NO4/c1-11(2)14(18)15(19)16-9-8-13(17)20-10-12-6-4-3-5-7-12/h3-7,11,14,18H,8-10H2,1-2H3,(H,16,19). The molecule has 1 aromatic carbocycles. The van der Waals surface area contributed by atoms with Crippen molar-refractivity contribution in [3.05, 3.63) is 35.9 Å². The number of benzene rings is 1. The van der Waals surface area contributed by atoms with Crippen LogP contribution in [0.3, 0.4) is 0 Å². The summed E-state index contributed by atoms with van der Waals surface area (Å²) in [6.07, 6.45) is -0.959. The van der Waals surface area contributed by atoms with E-state index in [-0.39, 0.29) is 31.5 Å². The van der Waals surface area contributed by atoms with Gasteiger partial charge in [0.05, 0.1) is 6.42 Å². The molecule has 0 aliphatic carbocycles. The Kier molecular flexibility index (Phi) is 6.73. The van der Waals surface area contributed by atoms with Crippen molar-refractivity contribution < 1.29 is 19.4 Å². The van der Waals surface area contributed by atoms with Crippen LogP contribution >= 0.6 is 0 Å². The second-order valence-electron chi connectivity index (χ2n) is 4.88. The number of amides is 1. The molecule has 0 bridgehead atoms. The van der Waals surface area contributed by atoms with Gasteiger partial charge in [-0.2, -0.15) is 0 Å². The number of aliphatic hydroxyl groups excluding tert-OH is 1. The molecule has 5 heteroatoms. The van der Waals surface area contributed by atoms with Gasteiger partial charge in [0.15, 0.2) is 0 Å². The molecule has 0 aromatic heterocycles. The maximum atomic E-state index is 11.5. The molecule has 110 valence electrons. The second-order valence-corrected chi connectivity index (χ2v) is 4.88. The molecular formula is C15H21NO4. The minimum atomic E-state index is -1.05. The van der Waals surface area contributed by atoms with E-state index in [0.717, 1.165) is 5.56 Å². The molecule has 2 N–H and O–H groups in total. The van der Waals surface area contributed by atoms with Crippen molar-refractivity contribution in [2.45, 2.75) is 33.0 Å². The summed E-state index contributed by atoms with van der Waals surface area (Å²) in [6.45, 7) is 3.88. The van der Waals surface area contributed by atoms with Gasteiger partial charge in [-0.15, -0.1) is 0 Å². The molecular weight excluding hydrogens is 258 g/mol. The van der Waals surface area contributed by atoms with Crippen molar-refractivity contribution in [2.75, 3.05) is 6.54 Å². The van der Waals surface area contributed by atoms with Crippen molar-refractivity contribution in [1.29, 1.82) is 0 Å². The maximum Gasteiger partial charge on any atom is 0.307 e. The summed E-state index contributed by atoms with van der Waals surface area (Å²) in [7, 11) is 0. The normalized spacial score (nSPS) is 12.0. The summed E-state index contributed by atoms with van der Waals surface area (Å²) in [5.41, 5.74) is 0.917. The number of ether oxygens (including phenoxy) is 1. The quantitative estimate of drug-likeness (QED) is 0.737. The third kappa shape index (κ3) is 5.84. The van der Waals surface area contributed by atoms with E-state index in [0.29, 0.717) is 0 Å². The lowest BCUT2D eigenvalue weighted by atomic mass is 10.1. The van der Waals surface area contributed by atoms with Crippen LogP contribution in [-0.4, -0.2) is 29.6 Å². The number of carbonyl (C=O) groups excluding carboxylic acids is 2. The van der Waals surface area contributed by atoms with Crippen LogP contribution in [0, 0.1) is 5.92 Å². The summed E-state index contributed by atoms with van der Waals surface area (Å²) in [6, 6.07) is 9.37. The van der Waals surface area contributed by atoms with Crippen molar-refractivity contribution >= 4 is 11.9 Å². The van der Waals surface area contributed by atoms with Gasteiger partial charge in [0, 0.05) is 6.54 Å². The van der Waals surface area contributed by atoms with Gasteiger partial charge in [0.2, 0.25) is 5.91 Å². The third-order valence-corrected chi connectivity index (χ3v) is 2.77. The molecule has 1 aromatic rings. The molecule has 0 saturated heterocycles. The smallest absolute Gasteiger partial charge is 0.307 e. The van der Waals surface area contributed by atoms with Gasteiger partial charge in [0.1, 0.15) is 12.7 Å². The molecule has 1 unspecified atom stereocenters. The third-order valence-electron chi connectivity index (χ3n) is 2.77. The Morgan fingerprint density at radius 1 is 1.25 bits per heavy atom. The van der Waals surface area contributed by atoms with Gasteiger partial charge in [-0.3, -0.25) is 9.59 Å². The molecule has 0 heterocycles. The van der Waals surface area contributed by atoms with E-state index in [1.807, 2.05) is 30.3 Å². The van der Waals surface area contributed by atoms with E-state index in [4.69, 9.17) is 4.74 Å². The average Bonchev–Trinajstić information content (AvgIpc) is 2.45. The van der Waals surface area contributed by atoms with Crippen LogP contribution in [-0.2, 0) is 20.9 Å². The zero-order valence-corrected chi connectivity index (χ0v) is 11.8. The Labute approximate surface area is 118 Å². The fraction of sp³-hybridized carbons (Fsp3) is 0.467. The predicted octanol–water partition coefficient (Wildman–Crippen LogP) is 1.25. The first-order valence-corrected chi connectivity index (χ1v) is 6.66. The first-order chi connectivity index (χ1) is 9.50. The number of carbonyl (C=O) groups is 2. The highest BCUT2D eigenvalue weighted by Crippen LogP contribution is 2.02. The first-order valence-electron chi connectivity index (χ1n) is 6.66. The SMILES string of the molecule is CC(C)C(O)C(=O)NCCC(=O)OCc1ccccc1. The topological polar surface area (TPSA) is 75.6 Å². The molecule has 1 rings (SSSR count). The molecule has 1 amide bonds. The Hall–Kier alpha value is -1.88. The van der Waals surface area contributed by atoms with Gasteiger partial charge in [-0.1, -0.05) is 44.2 Å². The lowest BCUT2D eigenvalue weighted by molar-refractivity contribution is -0.145. The van der Waals surface area contributed by atoms with Gasteiger partial charge in [-0.05, 0) is 11.5 Å². The van der Waals surface area contributed by atoms with Gasteiger partial charge >= 0.3 is 5.97 Å². The maximum absolute atomic E-state index is 11.5. The molecule has 0 aliphatic heterocycles. The zero-order valence-electron chi connectivity index (χ0n) is 11.8. The second kappa shape index (κ2) is 8.32. The zero-order chi connectivity index (χ0) is 15.0. The van der Waals surface area contributed by atoms with Crippen molar-refractivity contribution in [3.8, 4) is 0 Å². The lowest BCUT2D eigenvalue weighted by Gasteiger charge is -2.14. The number of aliphatic hydroxyl groups is 1. The molecule has 0 aliphatic rings. The summed E-state index contributed by atoms with van der Waals surface area (Å²) < 4.78 is 5.07. The molecule has 5 nitrogen and oxygen atoms in total. The van der Waals surface area contributed by atoms with Crippen molar-refractivity contribution in [1.82, 2.24) is 5.32 Å². The molecule has 0 fully saturated rings. The van der Waals surface area contributed by atoms with Crippen LogP contribution in [0.4, 0.5) is 0 Å². The highest BCUT2D eigenvalue weighted by atomic mass is 16.5. The van der Waals surface area contributed by atoms with Crippen LogP contribution < -0.4 is 5.32 Å². The van der Waals surface area contributed by atoms with Crippen LogP contribution in [0.2, 0.25) is 0 Å². The number of esters is 1. The van der Waals surface area contributed by atoms with E-state index < -0.39 is 12.0 Å². The van der Waals surface area contributed by atoms with Crippen molar-refractivity contribution in [2.24, 2.45) is 5.92 Å². The first kappa shape index (κ1) is 16.2. The fourth-order valence-corrected chi connectivity index (χ4v) is 1.51. The monoisotopic (exact) mass is 279 g/mol. The van der Waals surface area contributed by atoms with Gasteiger partial charge in [0.25, 0.3) is 0 Å². The largest absolute Gasteiger partial charge is 0.461 e. The average molecular weight is 279 g/mol. The minimum Gasteiger partial charge on any atom is -0.461 e. The van der Waals surface area contributed by atoms with Crippen LogP contribution in [0.25, 0.3) is 0 Å². The van der Waals surface area contributed by atoms with Crippen molar-refractivity contribution in [3.63, 3.8) is 0 Å². The molecule has 0 spiro atoms. The Bertz CT molecular complexity index is 431. The number of hydrogen-bond donors (Lipinski definition) is 2.